The Labute approximate surface area is 120 Å². The molecule has 0 aliphatic heterocycles. The van der Waals surface area contributed by atoms with Crippen LogP contribution in [0.3, 0.4) is 0 Å². The van der Waals surface area contributed by atoms with Gasteiger partial charge in [-0.1, -0.05) is 6.42 Å². The van der Waals surface area contributed by atoms with Crippen molar-refractivity contribution in [3.63, 3.8) is 0 Å². The van der Waals surface area contributed by atoms with E-state index in [2.05, 4.69) is 9.82 Å². The lowest BCUT2D eigenvalue weighted by molar-refractivity contribution is 0.322. The van der Waals surface area contributed by atoms with Crippen molar-refractivity contribution in [1.29, 1.82) is 0 Å². The monoisotopic (exact) mass is 300 g/mol. The van der Waals surface area contributed by atoms with Gasteiger partial charge in [0.1, 0.15) is 4.90 Å². The molecule has 2 atom stereocenters. The van der Waals surface area contributed by atoms with Crippen LogP contribution in [-0.2, 0) is 17.1 Å². The number of rotatable bonds is 4. The summed E-state index contributed by atoms with van der Waals surface area (Å²) in [5, 5.41) is 4.16. The quantitative estimate of drug-likeness (QED) is 0.862. The van der Waals surface area contributed by atoms with E-state index in [0.717, 1.165) is 25.7 Å². The van der Waals surface area contributed by atoms with Crippen LogP contribution in [0.25, 0.3) is 0 Å². The Kier molecular flexibility index (Phi) is 4.51. The molecule has 1 aromatic heterocycles. The van der Waals surface area contributed by atoms with Crippen molar-refractivity contribution >= 4 is 10.0 Å². The summed E-state index contributed by atoms with van der Waals surface area (Å²) in [5.41, 5.74) is 7.14. The lowest BCUT2D eigenvalue weighted by atomic mass is 9.86. The Balaban J connectivity index is 2.08. The number of sulfonamides is 1. The highest BCUT2D eigenvalue weighted by atomic mass is 32.2. The molecule has 6 nitrogen and oxygen atoms in total. The molecule has 0 radical (unpaired) electrons. The SMILES string of the molecule is Cc1nn(C)c(C)c1S(=O)(=O)NCC1CCCC(N)C1. The first-order valence-electron chi connectivity index (χ1n) is 7.06. The van der Waals surface area contributed by atoms with Crippen LogP contribution in [0.15, 0.2) is 4.90 Å². The summed E-state index contributed by atoms with van der Waals surface area (Å²) in [4.78, 5) is 0.306. The number of aryl methyl sites for hydroxylation is 2. The molecule has 0 bridgehead atoms. The van der Waals surface area contributed by atoms with Crippen LogP contribution in [0.2, 0.25) is 0 Å². The number of aromatic nitrogens is 2. The first-order valence-corrected chi connectivity index (χ1v) is 8.55. The Bertz CT molecular complexity index is 579. The number of nitrogens with one attached hydrogen (secondary N) is 1. The molecule has 0 saturated heterocycles. The maximum atomic E-state index is 12.4. The van der Waals surface area contributed by atoms with E-state index in [0.29, 0.717) is 28.7 Å². The maximum Gasteiger partial charge on any atom is 0.244 e. The van der Waals surface area contributed by atoms with E-state index in [-0.39, 0.29) is 6.04 Å². The van der Waals surface area contributed by atoms with Gasteiger partial charge in [0.2, 0.25) is 10.0 Å². The second-order valence-electron chi connectivity index (χ2n) is 5.77. The van der Waals surface area contributed by atoms with Gasteiger partial charge in [-0.25, -0.2) is 13.1 Å². The van der Waals surface area contributed by atoms with Crippen molar-refractivity contribution < 1.29 is 8.42 Å². The van der Waals surface area contributed by atoms with Crippen molar-refractivity contribution in [2.75, 3.05) is 6.54 Å². The fraction of sp³-hybridized carbons (Fsp3) is 0.769. The second kappa shape index (κ2) is 5.83. The van der Waals surface area contributed by atoms with E-state index in [1.54, 1.807) is 25.6 Å². The van der Waals surface area contributed by atoms with Crippen molar-refractivity contribution in [3.05, 3.63) is 11.4 Å². The predicted molar refractivity (Wildman–Crippen MR) is 77.8 cm³/mol. The molecule has 1 aromatic rings. The summed E-state index contributed by atoms with van der Waals surface area (Å²) < 4.78 is 29.2. The highest BCUT2D eigenvalue weighted by Crippen LogP contribution is 2.24. The molecule has 2 rings (SSSR count). The largest absolute Gasteiger partial charge is 0.328 e. The van der Waals surface area contributed by atoms with Gasteiger partial charge in [-0.15, -0.1) is 0 Å². The van der Waals surface area contributed by atoms with Gasteiger partial charge >= 0.3 is 0 Å². The summed E-state index contributed by atoms with van der Waals surface area (Å²) in [7, 11) is -1.74. The summed E-state index contributed by atoms with van der Waals surface area (Å²) in [6.45, 7) is 3.95. The third kappa shape index (κ3) is 3.21. The smallest absolute Gasteiger partial charge is 0.244 e. The maximum absolute atomic E-state index is 12.4. The highest BCUT2D eigenvalue weighted by Gasteiger charge is 2.26. The molecule has 1 fully saturated rings. The van der Waals surface area contributed by atoms with Gasteiger partial charge in [-0.2, -0.15) is 5.10 Å². The fourth-order valence-electron chi connectivity index (χ4n) is 2.96. The molecular formula is C13H24N4O2S. The van der Waals surface area contributed by atoms with E-state index >= 15 is 0 Å². The molecule has 3 N–H and O–H groups in total. The van der Waals surface area contributed by atoms with Crippen LogP contribution in [0.5, 0.6) is 0 Å². The van der Waals surface area contributed by atoms with Crippen molar-refractivity contribution in [2.24, 2.45) is 18.7 Å². The minimum atomic E-state index is -3.49. The predicted octanol–water partition coefficient (Wildman–Crippen LogP) is 0.833. The minimum Gasteiger partial charge on any atom is -0.328 e. The Morgan fingerprint density at radius 1 is 1.40 bits per heavy atom. The summed E-state index contributed by atoms with van der Waals surface area (Å²) >= 11 is 0. The number of hydrogen-bond acceptors (Lipinski definition) is 4. The van der Waals surface area contributed by atoms with Crippen LogP contribution in [-0.4, -0.2) is 30.8 Å². The summed E-state index contributed by atoms with van der Waals surface area (Å²) in [5.74, 6) is 0.339. The third-order valence-corrected chi connectivity index (χ3v) is 5.77. The van der Waals surface area contributed by atoms with Gasteiger partial charge < -0.3 is 5.73 Å². The fourth-order valence-corrected chi connectivity index (χ4v) is 4.51. The molecule has 1 aliphatic carbocycles. The molecule has 2 unspecified atom stereocenters. The van der Waals surface area contributed by atoms with E-state index in [9.17, 15) is 8.42 Å². The normalized spacial score (nSPS) is 24.0. The molecular weight excluding hydrogens is 276 g/mol. The molecule has 0 aromatic carbocycles. The van der Waals surface area contributed by atoms with Crippen molar-refractivity contribution in [3.8, 4) is 0 Å². The Morgan fingerprint density at radius 2 is 2.10 bits per heavy atom. The first kappa shape index (κ1) is 15.5. The molecule has 1 heterocycles. The van der Waals surface area contributed by atoms with Crippen LogP contribution in [0, 0.1) is 19.8 Å². The standard InChI is InChI=1S/C13H24N4O2S/c1-9-13(10(2)17(3)16-9)20(18,19)15-8-11-5-4-6-12(14)7-11/h11-12,15H,4-8,14H2,1-3H3. The molecule has 20 heavy (non-hydrogen) atoms. The van der Waals surface area contributed by atoms with E-state index in [1.807, 2.05) is 0 Å². The van der Waals surface area contributed by atoms with Crippen LogP contribution in [0.4, 0.5) is 0 Å². The van der Waals surface area contributed by atoms with Gasteiger partial charge in [-0.3, -0.25) is 4.68 Å². The average Bonchev–Trinajstić information content (AvgIpc) is 2.61. The molecule has 0 spiro atoms. The molecule has 1 saturated carbocycles. The topological polar surface area (TPSA) is 90.0 Å². The van der Waals surface area contributed by atoms with Crippen LogP contribution in [0.1, 0.15) is 37.1 Å². The molecule has 7 heteroatoms. The third-order valence-electron chi connectivity index (χ3n) is 4.10. The number of nitrogens with zero attached hydrogens (tertiary/aromatic N) is 2. The second-order valence-corrected chi connectivity index (χ2v) is 7.47. The summed E-state index contributed by atoms with van der Waals surface area (Å²) in [6, 6.07) is 0.208. The van der Waals surface area contributed by atoms with E-state index < -0.39 is 10.0 Å². The van der Waals surface area contributed by atoms with E-state index in [1.165, 1.54) is 0 Å². The lowest BCUT2D eigenvalue weighted by Crippen LogP contribution is -2.35. The van der Waals surface area contributed by atoms with Crippen LogP contribution >= 0.6 is 0 Å². The average molecular weight is 300 g/mol. The first-order chi connectivity index (χ1) is 9.31. The van der Waals surface area contributed by atoms with Crippen molar-refractivity contribution in [2.45, 2.75) is 50.5 Å². The zero-order valence-electron chi connectivity index (χ0n) is 12.4. The highest BCUT2D eigenvalue weighted by molar-refractivity contribution is 7.89. The van der Waals surface area contributed by atoms with Gasteiger partial charge in [0.15, 0.2) is 0 Å². The molecule has 0 amide bonds. The Hall–Kier alpha value is -0.920. The summed E-state index contributed by atoms with van der Waals surface area (Å²) in [6.07, 6.45) is 4.07. The van der Waals surface area contributed by atoms with Gasteiger partial charge in [0, 0.05) is 19.6 Å². The zero-order chi connectivity index (χ0) is 14.9. The van der Waals surface area contributed by atoms with E-state index in [4.69, 9.17) is 5.73 Å². The molecule has 1 aliphatic rings. The number of hydrogen-bond donors (Lipinski definition) is 2. The van der Waals surface area contributed by atoms with Gasteiger partial charge in [0.25, 0.3) is 0 Å². The van der Waals surface area contributed by atoms with Gasteiger partial charge in [0.05, 0.1) is 11.4 Å². The zero-order valence-corrected chi connectivity index (χ0v) is 13.2. The van der Waals surface area contributed by atoms with Crippen molar-refractivity contribution in [1.82, 2.24) is 14.5 Å². The number of nitrogens with two attached hydrogens (primary N) is 1. The molecule has 114 valence electrons. The lowest BCUT2D eigenvalue weighted by Gasteiger charge is -2.26. The van der Waals surface area contributed by atoms with Crippen LogP contribution < -0.4 is 10.5 Å². The Morgan fingerprint density at radius 3 is 2.65 bits per heavy atom. The minimum absolute atomic E-state index is 0.208. The van der Waals surface area contributed by atoms with Gasteiger partial charge in [-0.05, 0) is 39.0 Å².